The number of nitrogens with zero attached hydrogens (tertiary/aromatic N) is 1. The number of carbonyl (C=O) groups is 1. The van der Waals surface area contributed by atoms with Crippen molar-refractivity contribution in [2.45, 2.75) is 70.1 Å². The molecule has 0 spiro atoms. The van der Waals surface area contributed by atoms with E-state index in [4.69, 9.17) is 4.74 Å². The van der Waals surface area contributed by atoms with Gasteiger partial charge < -0.3 is 15.2 Å². The van der Waals surface area contributed by atoms with Crippen LogP contribution >= 0.6 is 0 Å². The number of aliphatic hydroxyl groups is 1. The van der Waals surface area contributed by atoms with Crippen LogP contribution in [0.4, 0.5) is 0 Å². The molecular formula is C20H30N2O3. The van der Waals surface area contributed by atoms with Crippen molar-refractivity contribution in [2.75, 3.05) is 6.61 Å². The van der Waals surface area contributed by atoms with Crippen LogP contribution in [0.1, 0.15) is 57.9 Å². The van der Waals surface area contributed by atoms with Gasteiger partial charge in [-0.2, -0.15) is 0 Å². The second kappa shape index (κ2) is 7.83. The first-order valence-corrected chi connectivity index (χ1v) is 9.54. The van der Waals surface area contributed by atoms with E-state index in [1.807, 2.05) is 12.1 Å². The smallest absolute Gasteiger partial charge is 0.225 e. The summed E-state index contributed by atoms with van der Waals surface area (Å²) < 4.78 is 5.85. The highest BCUT2D eigenvalue weighted by molar-refractivity contribution is 5.79. The molecule has 1 aliphatic carbocycles. The zero-order valence-corrected chi connectivity index (χ0v) is 15.3. The Bertz CT molecular complexity index is 568. The third-order valence-electron chi connectivity index (χ3n) is 5.72. The highest BCUT2D eigenvalue weighted by Gasteiger charge is 2.38. The molecule has 5 nitrogen and oxygen atoms in total. The molecule has 2 atom stereocenters. The normalized spacial score (nSPS) is 33.2. The van der Waals surface area contributed by atoms with Crippen molar-refractivity contribution in [3.63, 3.8) is 0 Å². The second-order valence-electron chi connectivity index (χ2n) is 7.88. The summed E-state index contributed by atoms with van der Waals surface area (Å²) in [4.78, 5) is 16.9. The molecule has 2 heterocycles. The van der Waals surface area contributed by atoms with E-state index in [-0.39, 0.29) is 24.0 Å². The molecule has 1 saturated carbocycles. The van der Waals surface area contributed by atoms with Crippen LogP contribution in [-0.2, 0) is 15.1 Å². The van der Waals surface area contributed by atoms with E-state index < -0.39 is 5.60 Å². The van der Waals surface area contributed by atoms with E-state index in [0.29, 0.717) is 18.8 Å². The van der Waals surface area contributed by atoms with Gasteiger partial charge in [-0.25, -0.2) is 0 Å². The molecule has 1 aliphatic heterocycles. The fourth-order valence-electron chi connectivity index (χ4n) is 4.22. The van der Waals surface area contributed by atoms with E-state index in [1.54, 1.807) is 12.4 Å². The van der Waals surface area contributed by atoms with Crippen molar-refractivity contribution in [1.82, 2.24) is 10.3 Å². The van der Waals surface area contributed by atoms with Crippen molar-refractivity contribution in [1.29, 1.82) is 0 Å². The maximum Gasteiger partial charge on any atom is 0.225 e. The predicted octanol–water partition coefficient (Wildman–Crippen LogP) is 2.78. The molecule has 0 aromatic carbocycles. The number of amides is 1. The van der Waals surface area contributed by atoms with Crippen LogP contribution in [0.2, 0.25) is 0 Å². The Hall–Kier alpha value is -1.46. The number of nitrogens with one attached hydrogen (secondary N) is 1. The molecule has 1 aromatic heterocycles. The van der Waals surface area contributed by atoms with Gasteiger partial charge in [0.1, 0.15) is 0 Å². The first-order chi connectivity index (χ1) is 12.0. The maximum atomic E-state index is 12.7. The Labute approximate surface area is 150 Å². The highest BCUT2D eigenvalue weighted by Crippen LogP contribution is 2.37. The molecule has 2 fully saturated rings. The van der Waals surface area contributed by atoms with Crippen molar-refractivity contribution in [3.8, 4) is 0 Å². The van der Waals surface area contributed by atoms with Crippen LogP contribution in [0.25, 0.3) is 0 Å². The third kappa shape index (κ3) is 4.21. The fourth-order valence-corrected chi connectivity index (χ4v) is 4.22. The maximum absolute atomic E-state index is 12.7. The lowest BCUT2D eigenvalue weighted by atomic mass is 9.78. The van der Waals surface area contributed by atoms with Crippen molar-refractivity contribution >= 4 is 5.91 Å². The summed E-state index contributed by atoms with van der Waals surface area (Å²) in [7, 11) is 0. The van der Waals surface area contributed by atoms with E-state index in [1.165, 1.54) is 0 Å². The molecule has 1 aromatic rings. The number of hydrogen-bond acceptors (Lipinski definition) is 4. The molecule has 5 heteroatoms. The van der Waals surface area contributed by atoms with E-state index in [0.717, 1.165) is 37.9 Å². The molecule has 0 radical (unpaired) electrons. The standard InChI is InChI=1S/C20H30N2O3/c1-14(2)18-17(6-4-12-25-18)19(23)22-16-7-9-20(24,10-8-16)15-5-3-11-21-13-15/h3,5,11,13-14,16-18,24H,4,6-10,12H2,1-2H3,(H,22,23)/t16?,17-,18+,20?/m0/s1. The van der Waals surface area contributed by atoms with Gasteiger partial charge in [0.05, 0.1) is 17.6 Å². The predicted molar refractivity (Wildman–Crippen MR) is 95.8 cm³/mol. The van der Waals surface area contributed by atoms with Gasteiger partial charge >= 0.3 is 0 Å². The Morgan fingerprint density at radius 2 is 2.12 bits per heavy atom. The lowest BCUT2D eigenvalue weighted by molar-refractivity contribution is -0.138. The molecule has 2 aliphatic rings. The minimum atomic E-state index is -0.816. The van der Waals surface area contributed by atoms with Gasteiger partial charge in [0.2, 0.25) is 5.91 Å². The average Bonchev–Trinajstić information content (AvgIpc) is 2.64. The summed E-state index contributed by atoms with van der Waals surface area (Å²) >= 11 is 0. The fraction of sp³-hybridized carbons (Fsp3) is 0.700. The van der Waals surface area contributed by atoms with Gasteiger partial charge in [-0.3, -0.25) is 9.78 Å². The molecule has 3 rings (SSSR count). The summed E-state index contributed by atoms with van der Waals surface area (Å²) in [5.74, 6) is 0.418. The van der Waals surface area contributed by atoms with Gasteiger partial charge in [0.15, 0.2) is 0 Å². The summed E-state index contributed by atoms with van der Waals surface area (Å²) in [5, 5.41) is 14.1. The number of hydrogen-bond donors (Lipinski definition) is 2. The first-order valence-electron chi connectivity index (χ1n) is 9.54. The average molecular weight is 346 g/mol. The molecule has 138 valence electrons. The Balaban J connectivity index is 1.56. The highest BCUT2D eigenvalue weighted by atomic mass is 16.5. The topological polar surface area (TPSA) is 71.5 Å². The van der Waals surface area contributed by atoms with Crippen LogP contribution < -0.4 is 5.32 Å². The van der Waals surface area contributed by atoms with Crippen LogP contribution in [0.15, 0.2) is 24.5 Å². The summed E-state index contributed by atoms with van der Waals surface area (Å²) in [6, 6.07) is 3.92. The monoisotopic (exact) mass is 346 g/mol. The zero-order chi connectivity index (χ0) is 17.9. The number of pyridine rings is 1. The Morgan fingerprint density at radius 1 is 1.36 bits per heavy atom. The molecular weight excluding hydrogens is 316 g/mol. The molecule has 0 bridgehead atoms. The van der Waals surface area contributed by atoms with Gasteiger partial charge in [0.25, 0.3) is 0 Å². The minimum Gasteiger partial charge on any atom is -0.385 e. The largest absolute Gasteiger partial charge is 0.385 e. The second-order valence-corrected chi connectivity index (χ2v) is 7.88. The van der Waals surface area contributed by atoms with Crippen molar-refractivity contribution < 1.29 is 14.6 Å². The number of rotatable bonds is 4. The minimum absolute atomic E-state index is 0.0182. The van der Waals surface area contributed by atoms with E-state index >= 15 is 0 Å². The van der Waals surface area contributed by atoms with Gasteiger partial charge in [-0.15, -0.1) is 0 Å². The summed E-state index contributed by atoms with van der Waals surface area (Å²) in [6.45, 7) is 4.99. The quantitative estimate of drug-likeness (QED) is 0.879. The summed E-state index contributed by atoms with van der Waals surface area (Å²) in [5.41, 5.74) is 0.0597. The van der Waals surface area contributed by atoms with E-state index in [2.05, 4.69) is 24.1 Å². The van der Waals surface area contributed by atoms with Crippen molar-refractivity contribution in [2.24, 2.45) is 11.8 Å². The third-order valence-corrected chi connectivity index (χ3v) is 5.72. The number of carbonyl (C=O) groups excluding carboxylic acids is 1. The first kappa shape index (κ1) is 18.3. The van der Waals surface area contributed by atoms with Crippen LogP contribution in [0.5, 0.6) is 0 Å². The van der Waals surface area contributed by atoms with Crippen molar-refractivity contribution in [3.05, 3.63) is 30.1 Å². The molecule has 0 unspecified atom stereocenters. The van der Waals surface area contributed by atoms with Gasteiger partial charge in [0, 0.05) is 30.6 Å². The number of aromatic nitrogens is 1. The van der Waals surface area contributed by atoms with Crippen LogP contribution in [0, 0.1) is 11.8 Å². The Morgan fingerprint density at radius 3 is 2.76 bits per heavy atom. The zero-order valence-electron chi connectivity index (χ0n) is 15.3. The number of ether oxygens (including phenoxy) is 1. The van der Waals surface area contributed by atoms with Gasteiger partial charge in [-0.05, 0) is 50.5 Å². The molecule has 25 heavy (non-hydrogen) atoms. The van der Waals surface area contributed by atoms with Crippen LogP contribution in [-0.4, -0.2) is 34.8 Å². The molecule has 1 saturated heterocycles. The lowest BCUT2D eigenvalue weighted by Crippen LogP contribution is -2.49. The van der Waals surface area contributed by atoms with E-state index in [9.17, 15) is 9.90 Å². The molecule has 2 N–H and O–H groups in total. The molecule has 1 amide bonds. The SMILES string of the molecule is CC(C)[C@H]1OCCC[C@@H]1C(=O)NC1CCC(O)(c2cccnc2)CC1. The Kier molecular flexibility index (Phi) is 5.74. The van der Waals surface area contributed by atoms with Crippen LogP contribution in [0.3, 0.4) is 0 Å². The lowest BCUT2D eigenvalue weighted by Gasteiger charge is -2.38. The summed E-state index contributed by atoms with van der Waals surface area (Å²) in [6.07, 6.45) is 8.21. The van der Waals surface area contributed by atoms with Gasteiger partial charge in [-0.1, -0.05) is 19.9 Å².